The molecule has 1 atom stereocenters. The zero-order chi connectivity index (χ0) is 18.9. The molecule has 0 aliphatic rings. The van der Waals surface area contributed by atoms with E-state index in [1.807, 2.05) is 31.3 Å². The fraction of sp³-hybridized carbons (Fsp3) is 0.350. The number of carbonyl (C=O) groups excluding carboxylic acids is 1. The van der Waals surface area contributed by atoms with E-state index >= 15 is 0 Å². The molecule has 0 bridgehead atoms. The van der Waals surface area contributed by atoms with Crippen LogP contribution in [-0.2, 0) is 11.3 Å². The number of hydrogen-bond acceptors (Lipinski definition) is 5. The van der Waals surface area contributed by atoms with Crippen LogP contribution >= 0.6 is 0 Å². The molecule has 0 saturated heterocycles. The number of benzene rings is 2. The van der Waals surface area contributed by atoms with Gasteiger partial charge in [-0.3, -0.25) is 10.1 Å². The molecule has 0 heterocycles. The third kappa shape index (κ3) is 5.67. The molecule has 0 aliphatic heterocycles. The van der Waals surface area contributed by atoms with Crippen molar-refractivity contribution in [2.75, 3.05) is 20.7 Å². The Morgan fingerprint density at radius 3 is 2.35 bits per heavy atom. The number of rotatable bonds is 10. The molecule has 1 unspecified atom stereocenters. The van der Waals surface area contributed by atoms with Crippen molar-refractivity contribution in [2.24, 2.45) is 0 Å². The van der Waals surface area contributed by atoms with Gasteiger partial charge in [-0.2, -0.15) is 0 Å². The van der Waals surface area contributed by atoms with Crippen LogP contribution in [0, 0.1) is 10.1 Å². The monoisotopic (exact) mass is 356 g/mol. The minimum Gasteiger partial charge on any atom is -0.497 e. The fourth-order valence-corrected chi connectivity index (χ4v) is 2.86. The normalized spacial score (nSPS) is 12.0. The smallest absolute Gasteiger partial charge is 0.269 e. The third-order valence-corrected chi connectivity index (χ3v) is 4.36. The highest BCUT2D eigenvalue weighted by Gasteiger charge is 2.13. The topological polar surface area (TPSA) is 72.7 Å². The van der Waals surface area contributed by atoms with E-state index in [0.29, 0.717) is 6.42 Å². The molecule has 0 amide bonds. The lowest BCUT2D eigenvalue weighted by molar-refractivity contribution is -0.384. The Kier molecular flexibility index (Phi) is 7.29. The summed E-state index contributed by atoms with van der Waals surface area (Å²) in [5, 5.41) is 10.7. The number of aldehydes is 1. The van der Waals surface area contributed by atoms with Crippen LogP contribution in [-0.4, -0.2) is 36.8 Å². The van der Waals surface area contributed by atoms with Gasteiger partial charge in [0.15, 0.2) is 0 Å². The van der Waals surface area contributed by atoms with Crippen molar-refractivity contribution < 1.29 is 14.5 Å². The maximum absolute atomic E-state index is 11.4. The molecule has 0 aliphatic carbocycles. The standard InChI is InChI=1S/C20H24N2O4/c1-21(14-16-5-11-20(26-2)12-6-16)13-3-4-18(15-23)17-7-9-19(10-8-17)22(24)25/h5-12,15,18H,3-4,13-14H2,1-2H3. The summed E-state index contributed by atoms with van der Waals surface area (Å²) >= 11 is 0. The van der Waals surface area contributed by atoms with Gasteiger partial charge in [0.1, 0.15) is 12.0 Å². The van der Waals surface area contributed by atoms with Gasteiger partial charge >= 0.3 is 0 Å². The quantitative estimate of drug-likeness (QED) is 0.368. The van der Waals surface area contributed by atoms with Crippen LogP contribution in [0.3, 0.4) is 0 Å². The van der Waals surface area contributed by atoms with E-state index in [1.165, 1.54) is 17.7 Å². The average Bonchev–Trinajstić information content (AvgIpc) is 2.66. The first-order valence-corrected chi connectivity index (χ1v) is 8.54. The molecule has 0 radical (unpaired) electrons. The highest BCUT2D eigenvalue weighted by molar-refractivity contribution is 5.62. The van der Waals surface area contributed by atoms with Gasteiger partial charge in [-0.15, -0.1) is 0 Å². The zero-order valence-electron chi connectivity index (χ0n) is 15.1. The summed E-state index contributed by atoms with van der Waals surface area (Å²) < 4.78 is 5.16. The van der Waals surface area contributed by atoms with Gasteiger partial charge in [0.05, 0.1) is 12.0 Å². The number of hydrogen-bond donors (Lipinski definition) is 0. The van der Waals surface area contributed by atoms with E-state index in [4.69, 9.17) is 4.74 Å². The highest BCUT2D eigenvalue weighted by atomic mass is 16.6. The molecule has 138 valence electrons. The first-order valence-electron chi connectivity index (χ1n) is 8.54. The average molecular weight is 356 g/mol. The Labute approximate surface area is 153 Å². The number of nitrogens with zero attached hydrogens (tertiary/aromatic N) is 2. The minimum absolute atomic E-state index is 0.0395. The van der Waals surface area contributed by atoms with Crippen molar-refractivity contribution in [3.63, 3.8) is 0 Å². The van der Waals surface area contributed by atoms with E-state index < -0.39 is 4.92 Å². The minimum atomic E-state index is -0.437. The van der Waals surface area contributed by atoms with Crippen molar-refractivity contribution in [1.29, 1.82) is 0 Å². The Hall–Kier alpha value is -2.73. The lowest BCUT2D eigenvalue weighted by Crippen LogP contribution is -2.19. The Morgan fingerprint density at radius 1 is 1.15 bits per heavy atom. The molecule has 0 fully saturated rings. The number of methoxy groups -OCH3 is 1. The lowest BCUT2D eigenvalue weighted by atomic mass is 9.95. The Morgan fingerprint density at radius 2 is 1.81 bits per heavy atom. The first-order chi connectivity index (χ1) is 12.5. The van der Waals surface area contributed by atoms with E-state index in [2.05, 4.69) is 4.90 Å². The molecular weight excluding hydrogens is 332 g/mol. The summed E-state index contributed by atoms with van der Waals surface area (Å²) in [5.74, 6) is 0.610. The summed E-state index contributed by atoms with van der Waals surface area (Å²) in [6.45, 7) is 1.69. The van der Waals surface area contributed by atoms with Gasteiger partial charge < -0.3 is 14.4 Å². The van der Waals surface area contributed by atoms with Gasteiger partial charge in [0.25, 0.3) is 5.69 Å². The number of nitro benzene ring substituents is 1. The number of carbonyl (C=O) groups is 1. The highest BCUT2D eigenvalue weighted by Crippen LogP contribution is 2.22. The van der Waals surface area contributed by atoms with Crippen LogP contribution in [0.4, 0.5) is 5.69 Å². The van der Waals surface area contributed by atoms with Crippen LogP contribution in [0.15, 0.2) is 48.5 Å². The molecule has 26 heavy (non-hydrogen) atoms. The number of nitro groups is 1. The van der Waals surface area contributed by atoms with Crippen LogP contribution in [0.5, 0.6) is 5.75 Å². The molecule has 0 aromatic heterocycles. The summed E-state index contributed by atoms with van der Waals surface area (Å²) in [7, 11) is 3.70. The molecule has 2 aromatic rings. The van der Waals surface area contributed by atoms with E-state index in [-0.39, 0.29) is 11.6 Å². The van der Waals surface area contributed by atoms with Crippen molar-refractivity contribution >= 4 is 12.0 Å². The molecule has 2 aromatic carbocycles. The Balaban J connectivity index is 1.82. The van der Waals surface area contributed by atoms with E-state index in [0.717, 1.165) is 37.1 Å². The van der Waals surface area contributed by atoms with Crippen molar-refractivity contribution in [3.8, 4) is 5.75 Å². The second-order valence-electron chi connectivity index (χ2n) is 6.32. The van der Waals surface area contributed by atoms with Crippen LogP contribution in [0.25, 0.3) is 0 Å². The maximum atomic E-state index is 11.4. The first kappa shape index (κ1) is 19.6. The van der Waals surface area contributed by atoms with E-state index in [9.17, 15) is 14.9 Å². The van der Waals surface area contributed by atoms with Gasteiger partial charge in [-0.05, 0) is 49.7 Å². The number of ether oxygens (including phenoxy) is 1. The van der Waals surface area contributed by atoms with Crippen LogP contribution in [0.1, 0.15) is 29.9 Å². The zero-order valence-corrected chi connectivity index (χ0v) is 15.1. The summed E-state index contributed by atoms with van der Waals surface area (Å²) in [6.07, 6.45) is 2.51. The van der Waals surface area contributed by atoms with E-state index in [1.54, 1.807) is 19.2 Å². The van der Waals surface area contributed by atoms with Crippen molar-refractivity contribution in [3.05, 3.63) is 69.8 Å². The second kappa shape index (κ2) is 9.68. The second-order valence-corrected chi connectivity index (χ2v) is 6.32. The summed E-state index contributed by atoms with van der Waals surface area (Å²) in [6, 6.07) is 14.2. The molecule has 0 spiro atoms. The predicted molar refractivity (Wildman–Crippen MR) is 100 cm³/mol. The van der Waals surface area contributed by atoms with Gasteiger partial charge in [-0.1, -0.05) is 24.3 Å². The van der Waals surface area contributed by atoms with Crippen LogP contribution < -0.4 is 4.74 Å². The van der Waals surface area contributed by atoms with Gasteiger partial charge in [-0.25, -0.2) is 0 Å². The SMILES string of the molecule is COc1ccc(CN(C)CCCC(C=O)c2ccc([N+](=O)[O-])cc2)cc1. The molecule has 2 rings (SSSR count). The molecule has 0 saturated carbocycles. The molecule has 0 N–H and O–H groups in total. The number of non-ortho nitro benzene ring substituents is 1. The fourth-order valence-electron chi connectivity index (χ4n) is 2.86. The van der Waals surface area contributed by atoms with Crippen molar-refractivity contribution in [2.45, 2.75) is 25.3 Å². The molecular formula is C20H24N2O4. The maximum Gasteiger partial charge on any atom is 0.269 e. The summed E-state index contributed by atoms with van der Waals surface area (Å²) in [5.41, 5.74) is 2.07. The van der Waals surface area contributed by atoms with Crippen LogP contribution in [0.2, 0.25) is 0 Å². The molecule has 6 heteroatoms. The summed E-state index contributed by atoms with van der Waals surface area (Å²) in [4.78, 5) is 23.9. The molecule has 6 nitrogen and oxygen atoms in total. The van der Waals surface area contributed by atoms with Crippen molar-refractivity contribution in [1.82, 2.24) is 4.90 Å². The third-order valence-electron chi connectivity index (χ3n) is 4.36. The lowest BCUT2D eigenvalue weighted by Gasteiger charge is -2.18. The largest absolute Gasteiger partial charge is 0.497 e. The Bertz CT molecular complexity index is 714. The van der Waals surface area contributed by atoms with Gasteiger partial charge in [0.2, 0.25) is 0 Å². The van der Waals surface area contributed by atoms with Gasteiger partial charge in [0, 0.05) is 24.6 Å². The predicted octanol–water partition coefficient (Wildman–Crippen LogP) is 3.80.